The van der Waals surface area contributed by atoms with Crippen LogP contribution in [0.5, 0.6) is 5.75 Å². The smallest absolute Gasteiger partial charge is 0.122 e. The van der Waals surface area contributed by atoms with Crippen LogP contribution in [0.25, 0.3) is 0 Å². The summed E-state index contributed by atoms with van der Waals surface area (Å²) in [4.78, 5) is 6.78. The first kappa shape index (κ1) is 13.3. The van der Waals surface area contributed by atoms with Crippen LogP contribution >= 0.6 is 0 Å². The number of aryl methyl sites for hydroxylation is 1. The van der Waals surface area contributed by atoms with E-state index in [2.05, 4.69) is 16.9 Å². The zero-order chi connectivity index (χ0) is 13.1. The Kier molecular flexibility index (Phi) is 4.19. The van der Waals surface area contributed by atoms with Crippen molar-refractivity contribution in [3.63, 3.8) is 0 Å². The lowest BCUT2D eigenvalue weighted by atomic mass is 9.82. The average molecular weight is 250 g/mol. The van der Waals surface area contributed by atoms with E-state index in [1.54, 1.807) is 7.11 Å². The number of hydrogen-bond donors (Lipinski definition) is 1. The molecule has 0 saturated heterocycles. The van der Waals surface area contributed by atoms with Crippen molar-refractivity contribution in [3.8, 4) is 5.75 Å². The van der Waals surface area contributed by atoms with Gasteiger partial charge < -0.3 is 14.7 Å². The highest BCUT2D eigenvalue weighted by atomic mass is 16.5. The van der Waals surface area contributed by atoms with E-state index < -0.39 is 0 Å². The fourth-order valence-corrected chi connectivity index (χ4v) is 2.53. The molecule has 1 aliphatic rings. The Labute approximate surface area is 109 Å². The Balaban J connectivity index is 1.89. The molecule has 1 aromatic rings. The van der Waals surface area contributed by atoms with Gasteiger partial charge in [0.15, 0.2) is 0 Å². The molecule has 1 aliphatic carbocycles. The average Bonchev–Trinajstić information content (AvgIpc) is 2.26. The first-order chi connectivity index (χ1) is 8.56. The van der Waals surface area contributed by atoms with E-state index >= 15 is 0 Å². The zero-order valence-electron chi connectivity index (χ0n) is 11.4. The first-order valence-electron chi connectivity index (χ1n) is 6.45. The third-order valence-electron chi connectivity index (χ3n) is 3.43. The maximum atomic E-state index is 9.28. The van der Waals surface area contributed by atoms with Gasteiger partial charge in [0.05, 0.1) is 18.9 Å². The van der Waals surface area contributed by atoms with Crippen molar-refractivity contribution in [3.05, 3.63) is 23.5 Å². The van der Waals surface area contributed by atoms with E-state index in [-0.39, 0.29) is 6.10 Å². The maximum absolute atomic E-state index is 9.28. The van der Waals surface area contributed by atoms with Crippen LogP contribution in [0.15, 0.2) is 12.1 Å². The van der Waals surface area contributed by atoms with Gasteiger partial charge in [-0.05, 0) is 32.7 Å². The lowest BCUT2D eigenvalue weighted by Gasteiger charge is -2.34. The molecule has 4 heteroatoms. The molecule has 0 spiro atoms. The summed E-state index contributed by atoms with van der Waals surface area (Å²) in [6, 6.07) is 3.92. The summed E-state index contributed by atoms with van der Waals surface area (Å²) in [5, 5.41) is 9.28. The number of hydrogen-bond acceptors (Lipinski definition) is 4. The lowest BCUT2D eigenvalue weighted by Crippen LogP contribution is -2.36. The van der Waals surface area contributed by atoms with Crippen LogP contribution in [0.2, 0.25) is 0 Å². The number of aliphatic hydroxyl groups excluding tert-OH is 1. The molecule has 0 unspecified atom stereocenters. The molecule has 100 valence electrons. The molecule has 1 heterocycles. The molecule has 0 aromatic carbocycles. The summed E-state index contributed by atoms with van der Waals surface area (Å²) in [5.41, 5.74) is 2.02. The van der Waals surface area contributed by atoms with Gasteiger partial charge in [-0.2, -0.15) is 0 Å². The van der Waals surface area contributed by atoms with E-state index in [4.69, 9.17) is 4.74 Å². The normalized spacial score (nSPS) is 22.9. The Morgan fingerprint density at radius 3 is 2.78 bits per heavy atom. The van der Waals surface area contributed by atoms with Gasteiger partial charge in [-0.1, -0.05) is 0 Å². The molecule has 0 aliphatic heterocycles. The van der Waals surface area contributed by atoms with E-state index in [1.807, 2.05) is 19.1 Å². The SMILES string of the molecule is COc1cc(C)nc(CN(C)CC2CC(O)C2)c1. The molecular formula is C14H22N2O2. The number of ether oxygens (including phenoxy) is 1. The summed E-state index contributed by atoms with van der Waals surface area (Å²) in [6.07, 6.45) is 1.81. The number of nitrogens with zero attached hydrogens (tertiary/aromatic N) is 2. The summed E-state index contributed by atoms with van der Waals surface area (Å²) in [7, 11) is 3.78. The van der Waals surface area contributed by atoms with Crippen molar-refractivity contribution in [2.24, 2.45) is 5.92 Å². The monoisotopic (exact) mass is 250 g/mol. The van der Waals surface area contributed by atoms with Crippen LogP contribution in [0, 0.1) is 12.8 Å². The topological polar surface area (TPSA) is 45.6 Å². The van der Waals surface area contributed by atoms with Crippen LogP contribution < -0.4 is 4.74 Å². The van der Waals surface area contributed by atoms with Gasteiger partial charge in [-0.3, -0.25) is 4.98 Å². The van der Waals surface area contributed by atoms with E-state index in [1.165, 1.54) is 0 Å². The van der Waals surface area contributed by atoms with Crippen molar-refractivity contribution >= 4 is 0 Å². The molecule has 1 aromatic heterocycles. The van der Waals surface area contributed by atoms with E-state index in [0.717, 1.165) is 43.1 Å². The zero-order valence-corrected chi connectivity index (χ0v) is 11.4. The van der Waals surface area contributed by atoms with Crippen molar-refractivity contribution < 1.29 is 9.84 Å². The van der Waals surface area contributed by atoms with Gasteiger partial charge in [0, 0.05) is 30.9 Å². The van der Waals surface area contributed by atoms with Gasteiger partial charge >= 0.3 is 0 Å². The molecule has 0 amide bonds. The third kappa shape index (κ3) is 3.43. The molecule has 0 atom stereocenters. The second-order valence-electron chi connectivity index (χ2n) is 5.33. The van der Waals surface area contributed by atoms with E-state index in [9.17, 15) is 5.11 Å². The predicted octanol–water partition coefficient (Wildman–Crippen LogP) is 1.60. The fourth-order valence-electron chi connectivity index (χ4n) is 2.53. The Hall–Kier alpha value is -1.13. The number of aliphatic hydroxyl groups is 1. The van der Waals surface area contributed by atoms with Crippen LogP contribution in [-0.4, -0.2) is 41.8 Å². The first-order valence-corrected chi connectivity index (χ1v) is 6.45. The van der Waals surface area contributed by atoms with E-state index in [0.29, 0.717) is 5.92 Å². The minimum absolute atomic E-state index is 0.0689. The molecule has 1 N–H and O–H groups in total. The quantitative estimate of drug-likeness (QED) is 0.862. The summed E-state index contributed by atoms with van der Waals surface area (Å²) >= 11 is 0. The van der Waals surface area contributed by atoms with Crippen LogP contribution in [0.4, 0.5) is 0 Å². The molecule has 1 saturated carbocycles. The van der Waals surface area contributed by atoms with Crippen molar-refractivity contribution in [2.45, 2.75) is 32.4 Å². The predicted molar refractivity (Wildman–Crippen MR) is 70.6 cm³/mol. The van der Waals surface area contributed by atoms with Crippen LogP contribution in [-0.2, 0) is 6.54 Å². The standard InChI is InChI=1S/C14H22N2O2/c1-10-4-14(18-3)7-12(15-10)9-16(2)8-11-5-13(17)6-11/h4,7,11,13,17H,5-6,8-9H2,1-3H3. The van der Waals surface area contributed by atoms with Crippen LogP contribution in [0.1, 0.15) is 24.2 Å². The molecule has 0 bridgehead atoms. The Morgan fingerprint density at radius 2 is 2.17 bits per heavy atom. The van der Waals surface area contributed by atoms with Crippen molar-refractivity contribution in [1.82, 2.24) is 9.88 Å². The molecule has 1 fully saturated rings. The lowest BCUT2D eigenvalue weighted by molar-refractivity contribution is 0.0272. The third-order valence-corrected chi connectivity index (χ3v) is 3.43. The summed E-state index contributed by atoms with van der Waals surface area (Å²) in [6.45, 7) is 3.83. The largest absolute Gasteiger partial charge is 0.497 e. The van der Waals surface area contributed by atoms with Gasteiger partial charge in [-0.15, -0.1) is 0 Å². The fraction of sp³-hybridized carbons (Fsp3) is 0.643. The Morgan fingerprint density at radius 1 is 1.44 bits per heavy atom. The number of aromatic nitrogens is 1. The summed E-state index contributed by atoms with van der Waals surface area (Å²) in [5.74, 6) is 1.50. The van der Waals surface area contributed by atoms with Crippen LogP contribution in [0.3, 0.4) is 0 Å². The highest BCUT2D eigenvalue weighted by Crippen LogP contribution is 2.28. The van der Waals surface area contributed by atoms with Crippen molar-refractivity contribution in [2.75, 3.05) is 20.7 Å². The minimum Gasteiger partial charge on any atom is -0.497 e. The molecule has 0 radical (unpaired) electrons. The second kappa shape index (κ2) is 5.67. The minimum atomic E-state index is -0.0689. The van der Waals surface area contributed by atoms with Gasteiger partial charge in [0.2, 0.25) is 0 Å². The highest BCUT2D eigenvalue weighted by molar-refractivity contribution is 5.26. The molecular weight excluding hydrogens is 228 g/mol. The number of pyridine rings is 1. The highest BCUT2D eigenvalue weighted by Gasteiger charge is 2.27. The van der Waals surface area contributed by atoms with Crippen molar-refractivity contribution in [1.29, 1.82) is 0 Å². The molecule has 2 rings (SSSR count). The molecule has 4 nitrogen and oxygen atoms in total. The molecule has 18 heavy (non-hydrogen) atoms. The van der Waals surface area contributed by atoms with Gasteiger partial charge in [-0.25, -0.2) is 0 Å². The number of rotatable bonds is 5. The summed E-state index contributed by atoms with van der Waals surface area (Å²) < 4.78 is 5.25. The maximum Gasteiger partial charge on any atom is 0.122 e. The van der Waals surface area contributed by atoms with Gasteiger partial charge in [0.25, 0.3) is 0 Å². The Bertz CT molecular complexity index is 403. The number of methoxy groups -OCH3 is 1. The second-order valence-corrected chi connectivity index (χ2v) is 5.33. The van der Waals surface area contributed by atoms with Gasteiger partial charge in [0.1, 0.15) is 5.75 Å².